The second kappa shape index (κ2) is 9.68. The van der Waals surface area contributed by atoms with Crippen LogP contribution in [0.2, 0.25) is 0 Å². The predicted molar refractivity (Wildman–Crippen MR) is 87.2 cm³/mol. The normalized spacial score (nSPS) is 18.6. The molecule has 0 bridgehead atoms. The van der Waals surface area contributed by atoms with E-state index >= 15 is 0 Å². The summed E-state index contributed by atoms with van der Waals surface area (Å²) in [7, 11) is 4.44. The molecule has 1 rings (SSSR count). The van der Waals surface area contributed by atoms with Crippen molar-refractivity contribution in [1.29, 1.82) is 0 Å². The van der Waals surface area contributed by atoms with E-state index in [4.69, 9.17) is 5.73 Å². The van der Waals surface area contributed by atoms with Gasteiger partial charge >= 0.3 is 0 Å². The molecule has 1 aliphatic rings. The fourth-order valence-corrected chi connectivity index (χ4v) is 2.43. The molecule has 0 saturated carbocycles. The molecule has 0 amide bonds. The zero-order valence-electron chi connectivity index (χ0n) is 14.0. The Kier molecular flexibility index (Phi) is 8.64. The maximum absolute atomic E-state index is 5.61. The van der Waals surface area contributed by atoms with Crippen molar-refractivity contribution in [2.24, 2.45) is 5.73 Å². The first kappa shape index (κ1) is 17.9. The van der Waals surface area contributed by atoms with Gasteiger partial charge in [-0.2, -0.15) is 0 Å². The van der Waals surface area contributed by atoms with Gasteiger partial charge in [0.05, 0.1) is 0 Å². The Morgan fingerprint density at radius 2 is 1.45 bits per heavy atom. The summed E-state index contributed by atoms with van der Waals surface area (Å²) in [5.41, 5.74) is 5.61. The van der Waals surface area contributed by atoms with Crippen LogP contribution in [0.4, 0.5) is 0 Å². The third-order valence-corrected chi connectivity index (χ3v) is 4.42. The number of hydrogen-bond acceptors (Lipinski definition) is 5. The molecular formula is C15H35N5. The van der Waals surface area contributed by atoms with E-state index in [0.29, 0.717) is 6.04 Å². The molecule has 0 radical (unpaired) electrons. The van der Waals surface area contributed by atoms with Crippen LogP contribution in [0.25, 0.3) is 0 Å². The van der Waals surface area contributed by atoms with Crippen LogP contribution < -0.4 is 5.73 Å². The number of nitrogens with zero attached hydrogens (tertiary/aromatic N) is 4. The molecule has 0 aromatic heterocycles. The van der Waals surface area contributed by atoms with Crippen molar-refractivity contribution < 1.29 is 0 Å². The molecule has 0 aromatic carbocycles. The molecule has 1 fully saturated rings. The number of hydrogen-bond donors (Lipinski definition) is 1. The molecule has 0 spiro atoms. The summed E-state index contributed by atoms with van der Waals surface area (Å²) in [4.78, 5) is 9.90. The van der Waals surface area contributed by atoms with Crippen LogP contribution >= 0.6 is 0 Å². The average molecular weight is 285 g/mol. The lowest BCUT2D eigenvalue weighted by Gasteiger charge is -2.35. The minimum absolute atomic E-state index is 0.638. The highest BCUT2D eigenvalue weighted by molar-refractivity contribution is 4.73. The van der Waals surface area contributed by atoms with Crippen LogP contribution in [0.1, 0.15) is 13.8 Å². The molecule has 5 nitrogen and oxygen atoms in total. The second-order valence-corrected chi connectivity index (χ2v) is 6.35. The largest absolute Gasteiger partial charge is 0.329 e. The SMILES string of the molecule is CC(C)N(C)CCN(C)CCN1CCN(CCN)CC1. The van der Waals surface area contributed by atoms with E-state index in [1.165, 1.54) is 39.3 Å². The van der Waals surface area contributed by atoms with E-state index in [0.717, 1.165) is 26.2 Å². The molecule has 5 heteroatoms. The highest BCUT2D eigenvalue weighted by Gasteiger charge is 2.16. The molecule has 0 aromatic rings. The highest BCUT2D eigenvalue weighted by atomic mass is 15.3. The molecule has 1 aliphatic heterocycles. The van der Waals surface area contributed by atoms with Crippen molar-refractivity contribution in [3.63, 3.8) is 0 Å². The van der Waals surface area contributed by atoms with Crippen LogP contribution in [0, 0.1) is 0 Å². The third-order valence-electron chi connectivity index (χ3n) is 4.42. The molecule has 0 unspecified atom stereocenters. The maximum Gasteiger partial charge on any atom is 0.0110 e. The van der Waals surface area contributed by atoms with Crippen LogP contribution in [-0.4, -0.2) is 105 Å². The summed E-state index contributed by atoms with van der Waals surface area (Å²) in [5, 5.41) is 0. The van der Waals surface area contributed by atoms with Crippen molar-refractivity contribution in [3.8, 4) is 0 Å². The van der Waals surface area contributed by atoms with Gasteiger partial charge in [0, 0.05) is 71.5 Å². The quantitative estimate of drug-likeness (QED) is 0.637. The van der Waals surface area contributed by atoms with Crippen LogP contribution in [0.5, 0.6) is 0 Å². The van der Waals surface area contributed by atoms with Crippen molar-refractivity contribution >= 4 is 0 Å². The minimum atomic E-state index is 0.638. The van der Waals surface area contributed by atoms with Crippen molar-refractivity contribution in [3.05, 3.63) is 0 Å². The Bertz CT molecular complexity index is 238. The lowest BCUT2D eigenvalue weighted by atomic mass is 10.3. The molecular weight excluding hydrogens is 250 g/mol. The summed E-state index contributed by atoms with van der Waals surface area (Å²) in [6, 6.07) is 0.638. The van der Waals surface area contributed by atoms with Crippen molar-refractivity contribution in [1.82, 2.24) is 19.6 Å². The summed E-state index contributed by atoms with van der Waals surface area (Å²) in [6.07, 6.45) is 0. The Labute approximate surface area is 125 Å². The van der Waals surface area contributed by atoms with Gasteiger partial charge in [-0.3, -0.25) is 9.80 Å². The Morgan fingerprint density at radius 1 is 0.900 bits per heavy atom. The van der Waals surface area contributed by atoms with Crippen molar-refractivity contribution in [2.45, 2.75) is 19.9 Å². The van der Waals surface area contributed by atoms with E-state index in [-0.39, 0.29) is 0 Å². The van der Waals surface area contributed by atoms with E-state index < -0.39 is 0 Å². The fraction of sp³-hybridized carbons (Fsp3) is 1.00. The number of piperazine rings is 1. The topological polar surface area (TPSA) is 39.0 Å². The van der Waals surface area contributed by atoms with Gasteiger partial charge in [-0.25, -0.2) is 0 Å². The molecule has 20 heavy (non-hydrogen) atoms. The minimum Gasteiger partial charge on any atom is -0.329 e. The van der Waals surface area contributed by atoms with E-state index in [1.54, 1.807) is 0 Å². The van der Waals surface area contributed by atoms with Gasteiger partial charge in [-0.1, -0.05) is 0 Å². The number of likely N-dealkylation sites (N-methyl/N-ethyl adjacent to an activating group) is 2. The molecule has 1 saturated heterocycles. The first-order valence-corrected chi connectivity index (χ1v) is 8.06. The molecule has 2 N–H and O–H groups in total. The highest BCUT2D eigenvalue weighted by Crippen LogP contribution is 2.01. The predicted octanol–water partition coefficient (Wildman–Crippen LogP) is -0.165. The van der Waals surface area contributed by atoms with E-state index in [2.05, 4.69) is 47.5 Å². The fourth-order valence-electron chi connectivity index (χ4n) is 2.43. The first-order chi connectivity index (χ1) is 9.52. The number of rotatable bonds is 9. The average Bonchev–Trinajstić information content (AvgIpc) is 2.44. The van der Waals surface area contributed by atoms with Gasteiger partial charge in [0.2, 0.25) is 0 Å². The maximum atomic E-state index is 5.61. The molecule has 0 atom stereocenters. The Morgan fingerprint density at radius 3 is 1.95 bits per heavy atom. The van der Waals surface area contributed by atoms with Gasteiger partial charge in [0.25, 0.3) is 0 Å². The Balaban J connectivity index is 2.08. The molecule has 0 aliphatic carbocycles. The zero-order chi connectivity index (χ0) is 15.0. The van der Waals surface area contributed by atoms with E-state index in [9.17, 15) is 0 Å². The monoisotopic (exact) mass is 285 g/mol. The molecule has 1 heterocycles. The summed E-state index contributed by atoms with van der Waals surface area (Å²) in [5.74, 6) is 0. The summed E-state index contributed by atoms with van der Waals surface area (Å²) < 4.78 is 0. The van der Waals surface area contributed by atoms with Gasteiger partial charge in [0.15, 0.2) is 0 Å². The summed E-state index contributed by atoms with van der Waals surface area (Å²) in [6.45, 7) is 15.7. The second-order valence-electron chi connectivity index (χ2n) is 6.35. The number of nitrogens with two attached hydrogens (primary N) is 1. The lowest BCUT2D eigenvalue weighted by molar-refractivity contribution is 0.122. The van der Waals surface area contributed by atoms with Crippen LogP contribution in [0.3, 0.4) is 0 Å². The van der Waals surface area contributed by atoms with Crippen LogP contribution in [0.15, 0.2) is 0 Å². The van der Waals surface area contributed by atoms with Gasteiger partial charge in [0.1, 0.15) is 0 Å². The Hall–Kier alpha value is -0.200. The van der Waals surface area contributed by atoms with Crippen LogP contribution in [-0.2, 0) is 0 Å². The lowest BCUT2D eigenvalue weighted by Crippen LogP contribution is -2.49. The van der Waals surface area contributed by atoms with E-state index in [1.807, 2.05) is 0 Å². The summed E-state index contributed by atoms with van der Waals surface area (Å²) >= 11 is 0. The van der Waals surface area contributed by atoms with Gasteiger partial charge in [-0.05, 0) is 27.9 Å². The standard InChI is InChI=1S/C15H35N5/c1-15(2)18(4)9-7-17(3)8-10-20-13-11-19(6-5-16)12-14-20/h15H,5-14,16H2,1-4H3. The smallest absolute Gasteiger partial charge is 0.0110 e. The van der Waals surface area contributed by atoms with Gasteiger partial charge in [-0.15, -0.1) is 0 Å². The first-order valence-electron chi connectivity index (χ1n) is 8.06. The van der Waals surface area contributed by atoms with Crippen molar-refractivity contribution in [2.75, 3.05) is 79.5 Å². The zero-order valence-corrected chi connectivity index (χ0v) is 14.0. The van der Waals surface area contributed by atoms with Gasteiger partial charge < -0.3 is 15.5 Å². The molecule has 120 valence electrons. The third kappa shape index (κ3) is 6.99.